The van der Waals surface area contributed by atoms with Crippen molar-refractivity contribution in [2.75, 3.05) is 25.4 Å². The molecule has 0 bridgehead atoms. The number of sulfone groups is 1. The first-order valence-corrected chi connectivity index (χ1v) is 10.7. The number of piperidine rings is 1. The van der Waals surface area contributed by atoms with Crippen LogP contribution in [0.3, 0.4) is 0 Å². The van der Waals surface area contributed by atoms with Crippen molar-refractivity contribution in [1.82, 2.24) is 4.90 Å². The van der Waals surface area contributed by atoms with E-state index in [1.54, 1.807) is 23.1 Å². The average Bonchev–Trinajstić information content (AvgIpc) is 2.52. The molecule has 1 fully saturated rings. The summed E-state index contributed by atoms with van der Waals surface area (Å²) in [7, 11) is -3.20. The Morgan fingerprint density at radius 1 is 1.36 bits per heavy atom. The van der Waals surface area contributed by atoms with E-state index in [1.807, 2.05) is 13.8 Å². The standard InChI is InChI=1S/C17H23Cl2NO4S/c1-12(2)11-25(22,23)14-4-3-7-20(9-14)17(21)10-24-16-6-5-13(18)8-15(16)19/h5-6,8,12,14H,3-4,7,9-11H2,1-2H3. The second-order valence-electron chi connectivity index (χ2n) is 6.69. The van der Waals surface area contributed by atoms with E-state index in [4.69, 9.17) is 27.9 Å². The number of carbonyl (C=O) groups excluding carboxylic acids is 1. The zero-order valence-corrected chi connectivity index (χ0v) is 16.7. The van der Waals surface area contributed by atoms with Crippen LogP contribution in [0.4, 0.5) is 0 Å². The Bertz CT molecular complexity index is 721. The summed E-state index contributed by atoms with van der Waals surface area (Å²) >= 11 is 11.8. The molecule has 0 aliphatic carbocycles. The first-order chi connectivity index (χ1) is 11.7. The highest BCUT2D eigenvalue weighted by molar-refractivity contribution is 7.92. The third-order valence-electron chi connectivity index (χ3n) is 4.05. The lowest BCUT2D eigenvalue weighted by Crippen LogP contribution is -2.47. The van der Waals surface area contributed by atoms with Gasteiger partial charge in [0.2, 0.25) is 0 Å². The van der Waals surface area contributed by atoms with Crippen LogP contribution in [0.15, 0.2) is 18.2 Å². The number of carbonyl (C=O) groups is 1. The van der Waals surface area contributed by atoms with Gasteiger partial charge in [0.15, 0.2) is 16.4 Å². The molecule has 1 unspecified atom stereocenters. The maximum absolute atomic E-state index is 12.4. The van der Waals surface area contributed by atoms with Crippen molar-refractivity contribution >= 4 is 38.9 Å². The highest BCUT2D eigenvalue weighted by atomic mass is 35.5. The summed E-state index contributed by atoms with van der Waals surface area (Å²) < 4.78 is 30.3. The van der Waals surface area contributed by atoms with Gasteiger partial charge in [0.25, 0.3) is 5.91 Å². The molecular weight excluding hydrogens is 385 g/mol. The summed E-state index contributed by atoms with van der Waals surface area (Å²) in [6, 6.07) is 4.77. The van der Waals surface area contributed by atoms with Crippen molar-refractivity contribution in [3.8, 4) is 5.75 Å². The van der Waals surface area contributed by atoms with Crippen LogP contribution in [0.2, 0.25) is 10.0 Å². The maximum atomic E-state index is 12.4. The van der Waals surface area contributed by atoms with E-state index >= 15 is 0 Å². The van der Waals surface area contributed by atoms with Crippen molar-refractivity contribution in [2.24, 2.45) is 5.92 Å². The molecule has 1 aromatic carbocycles. The third-order valence-corrected chi connectivity index (χ3v) is 7.11. The van der Waals surface area contributed by atoms with Crippen LogP contribution in [0.1, 0.15) is 26.7 Å². The molecule has 1 aliphatic heterocycles. The molecule has 0 saturated carbocycles. The molecule has 2 rings (SSSR count). The van der Waals surface area contributed by atoms with Gasteiger partial charge in [-0.1, -0.05) is 37.0 Å². The van der Waals surface area contributed by atoms with Gasteiger partial charge in [0.1, 0.15) is 5.75 Å². The number of halogens is 2. The molecule has 0 radical (unpaired) electrons. The fraction of sp³-hybridized carbons (Fsp3) is 0.588. The zero-order valence-electron chi connectivity index (χ0n) is 14.4. The summed E-state index contributed by atoms with van der Waals surface area (Å²) in [5.74, 6) is 0.360. The van der Waals surface area contributed by atoms with Gasteiger partial charge in [-0.15, -0.1) is 0 Å². The van der Waals surface area contributed by atoms with Gasteiger partial charge in [-0.05, 0) is 37.0 Å². The lowest BCUT2D eigenvalue weighted by atomic mass is 10.1. The number of hydrogen-bond donors (Lipinski definition) is 0. The Kier molecular flexibility index (Phi) is 7.00. The molecule has 0 aromatic heterocycles. The third kappa shape index (κ3) is 5.76. The Labute approximate surface area is 159 Å². The van der Waals surface area contributed by atoms with Crippen molar-refractivity contribution in [1.29, 1.82) is 0 Å². The molecule has 0 N–H and O–H groups in total. The van der Waals surface area contributed by atoms with Crippen molar-refractivity contribution in [3.05, 3.63) is 28.2 Å². The van der Waals surface area contributed by atoms with Crippen molar-refractivity contribution in [2.45, 2.75) is 31.9 Å². The van der Waals surface area contributed by atoms with Crippen LogP contribution in [0, 0.1) is 5.92 Å². The minimum absolute atomic E-state index is 0.0754. The number of likely N-dealkylation sites (tertiary alicyclic amines) is 1. The van der Waals surface area contributed by atoms with Gasteiger partial charge < -0.3 is 9.64 Å². The number of benzene rings is 1. The SMILES string of the molecule is CC(C)CS(=O)(=O)C1CCCN(C(=O)COc2ccc(Cl)cc2Cl)C1. The predicted molar refractivity (Wildman–Crippen MR) is 100 cm³/mol. The van der Waals surface area contributed by atoms with E-state index in [1.165, 1.54) is 0 Å². The fourth-order valence-electron chi connectivity index (χ4n) is 2.88. The van der Waals surface area contributed by atoms with Crippen LogP contribution < -0.4 is 4.74 Å². The van der Waals surface area contributed by atoms with Gasteiger partial charge in [-0.3, -0.25) is 4.79 Å². The smallest absolute Gasteiger partial charge is 0.260 e. The normalized spacial score (nSPS) is 18.4. The number of nitrogens with zero attached hydrogens (tertiary/aromatic N) is 1. The Morgan fingerprint density at radius 2 is 2.08 bits per heavy atom. The topological polar surface area (TPSA) is 63.7 Å². The lowest BCUT2D eigenvalue weighted by Gasteiger charge is -2.32. The number of amides is 1. The van der Waals surface area contributed by atoms with Crippen molar-refractivity contribution < 1.29 is 17.9 Å². The molecule has 0 spiro atoms. The van der Waals surface area contributed by atoms with Gasteiger partial charge in [-0.2, -0.15) is 0 Å². The lowest BCUT2D eigenvalue weighted by molar-refractivity contribution is -0.134. The Balaban J connectivity index is 1.95. The van der Waals surface area contributed by atoms with Crippen LogP contribution in [-0.2, 0) is 14.6 Å². The Morgan fingerprint density at radius 3 is 2.72 bits per heavy atom. The van der Waals surface area contributed by atoms with Crippen LogP contribution >= 0.6 is 23.2 Å². The molecule has 1 aliphatic rings. The number of ether oxygens (including phenoxy) is 1. The van der Waals surface area contributed by atoms with Gasteiger partial charge in [-0.25, -0.2) is 8.42 Å². The first kappa shape index (κ1) is 20.3. The number of rotatable bonds is 6. The molecule has 1 amide bonds. The molecule has 8 heteroatoms. The van der Waals surface area contributed by atoms with Crippen LogP contribution in [0.25, 0.3) is 0 Å². The molecule has 1 saturated heterocycles. The van der Waals surface area contributed by atoms with E-state index in [2.05, 4.69) is 0 Å². The van der Waals surface area contributed by atoms with Gasteiger partial charge in [0, 0.05) is 18.1 Å². The quantitative estimate of drug-likeness (QED) is 0.724. The van der Waals surface area contributed by atoms with E-state index in [0.29, 0.717) is 35.2 Å². The Hall–Kier alpha value is -0.980. The van der Waals surface area contributed by atoms with Crippen molar-refractivity contribution in [3.63, 3.8) is 0 Å². The average molecular weight is 408 g/mol. The minimum atomic E-state index is -3.20. The van der Waals surface area contributed by atoms with Crippen LogP contribution in [-0.4, -0.2) is 49.9 Å². The fourth-order valence-corrected chi connectivity index (χ4v) is 5.48. The number of hydrogen-bond acceptors (Lipinski definition) is 4. The minimum Gasteiger partial charge on any atom is -0.482 e. The summed E-state index contributed by atoms with van der Waals surface area (Å²) in [5, 5.41) is 0.320. The highest BCUT2D eigenvalue weighted by Gasteiger charge is 2.33. The van der Waals surface area contributed by atoms with E-state index in [9.17, 15) is 13.2 Å². The van der Waals surface area contributed by atoms with Crippen LogP contribution in [0.5, 0.6) is 5.75 Å². The summed E-state index contributed by atoms with van der Waals surface area (Å²) in [6.07, 6.45) is 1.28. The van der Waals surface area contributed by atoms with E-state index in [0.717, 1.165) is 0 Å². The molecule has 1 aromatic rings. The molecule has 1 heterocycles. The first-order valence-electron chi connectivity index (χ1n) is 8.26. The van der Waals surface area contributed by atoms with Gasteiger partial charge in [0.05, 0.1) is 16.0 Å². The zero-order chi connectivity index (χ0) is 18.6. The molecule has 5 nitrogen and oxygen atoms in total. The van der Waals surface area contributed by atoms with E-state index in [-0.39, 0.29) is 30.7 Å². The largest absolute Gasteiger partial charge is 0.482 e. The monoisotopic (exact) mass is 407 g/mol. The molecule has 25 heavy (non-hydrogen) atoms. The molecule has 1 atom stereocenters. The molecule has 140 valence electrons. The predicted octanol–water partition coefficient (Wildman–Crippen LogP) is 3.43. The highest BCUT2D eigenvalue weighted by Crippen LogP contribution is 2.27. The summed E-state index contributed by atoms with van der Waals surface area (Å²) in [5.41, 5.74) is 0. The second kappa shape index (κ2) is 8.60. The van der Waals surface area contributed by atoms with Gasteiger partial charge >= 0.3 is 0 Å². The summed E-state index contributed by atoms with van der Waals surface area (Å²) in [4.78, 5) is 13.9. The maximum Gasteiger partial charge on any atom is 0.260 e. The van der Waals surface area contributed by atoms with E-state index < -0.39 is 15.1 Å². The summed E-state index contributed by atoms with van der Waals surface area (Å²) in [6.45, 7) is 4.36. The second-order valence-corrected chi connectivity index (χ2v) is 9.86. The molecular formula is C17H23Cl2NO4S.